The molecular weight excluding hydrogens is 282 g/mol. The van der Waals surface area contributed by atoms with Crippen LogP contribution in [0.4, 0.5) is 0 Å². The van der Waals surface area contributed by atoms with E-state index < -0.39 is 0 Å². The standard InChI is InChI=1S/C12H16BrN3O/c1-16(8-9-4-5-14-6-9)12(17)10-2-3-11(13)15-7-10/h2-3,7,9,14H,4-6,8H2,1H3. The van der Waals surface area contributed by atoms with Crippen molar-refractivity contribution < 1.29 is 4.79 Å². The minimum Gasteiger partial charge on any atom is -0.341 e. The highest BCUT2D eigenvalue weighted by atomic mass is 79.9. The quantitative estimate of drug-likeness (QED) is 0.861. The number of nitrogens with zero attached hydrogens (tertiary/aromatic N) is 2. The molecule has 1 fully saturated rings. The van der Waals surface area contributed by atoms with Crippen LogP contribution in [-0.4, -0.2) is 42.5 Å². The third-order valence-electron chi connectivity index (χ3n) is 3.02. The molecule has 1 N–H and O–H groups in total. The van der Waals surface area contributed by atoms with E-state index in [1.54, 1.807) is 23.2 Å². The Balaban J connectivity index is 1.96. The van der Waals surface area contributed by atoms with Crippen LogP contribution in [0.1, 0.15) is 16.8 Å². The summed E-state index contributed by atoms with van der Waals surface area (Å²) in [5, 5.41) is 3.31. The zero-order valence-corrected chi connectivity index (χ0v) is 11.4. The van der Waals surface area contributed by atoms with Crippen LogP contribution in [0.25, 0.3) is 0 Å². The van der Waals surface area contributed by atoms with Gasteiger partial charge in [-0.1, -0.05) is 0 Å². The Morgan fingerprint density at radius 3 is 3.06 bits per heavy atom. The van der Waals surface area contributed by atoms with E-state index in [4.69, 9.17) is 0 Å². The van der Waals surface area contributed by atoms with Gasteiger partial charge in [-0.05, 0) is 53.5 Å². The smallest absolute Gasteiger partial charge is 0.255 e. The maximum atomic E-state index is 12.1. The molecule has 1 aliphatic rings. The van der Waals surface area contributed by atoms with E-state index in [-0.39, 0.29) is 5.91 Å². The number of amides is 1. The highest BCUT2D eigenvalue weighted by Gasteiger charge is 2.19. The van der Waals surface area contributed by atoms with Crippen molar-refractivity contribution in [2.75, 3.05) is 26.7 Å². The first-order valence-electron chi connectivity index (χ1n) is 5.74. The number of halogens is 1. The summed E-state index contributed by atoms with van der Waals surface area (Å²) >= 11 is 3.26. The number of aromatic nitrogens is 1. The van der Waals surface area contributed by atoms with Crippen molar-refractivity contribution >= 4 is 21.8 Å². The van der Waals surface area contributed by atoms with Crippen LogP contribution < -0.4 is 5.32 Å². The van der Waals surface area contributed by atoms with Gasteiger partial charge in [-0.25, -0.2) is 4.98 Å². The van der Waals surface area contributed by atoms with Gasteiger partial charge >= 0.3 is 0 Å². The van der Waals surface area contributed by atoms with Crippen molar-refractivity contribution in [2.24, 2.45) is 5.92 Å². The molecule has 0 aliphatic carbocycles. The fourth-order valence-electron chi connectivity index (χ4n) is 2.06. The van der Waals surface area contributed by atoms with E-state index in [0.29, 0.717) is 11.5 Å². The Morgan fingerprint density at radius 1 is 1.65 bits per heavy atom. The molecule has 1 unspecified atom stereocenters. The Labute approximate surface area is 110 Å². The van der Waals surface area contributed by atoms with Gasteiger partial charge in [-0.3, -0.25) is 4.79 Å². The molecule has 1 aromatic rings. The second kappa shape index (κ2) is 5.60. The molecule has 2 rings (SSSR count). The molecule has 5 heteroatoms. The van der Waals surface area contributed by atoms with Gasteiger partial charge in [0.2, 0.25) is 0 Å². The predicted molar refractivity (Wildman–Crippen MR) is 69.9 cm³/mol. The van der Waals surface area contributed by atoms with E-state index in [9.17, 15) is 4.79 Å². The van der Waals surface area contributed by atoms with Crippen molar-refractivity contribution in [1.82, 2.24) is 15.2 Å². The molecule has 0 saturated carbocycles. The highest BCUT2D eigenvalue weighted by Crippen LogP contribution is 2.12. The number of carbonyl (C=O) groups is 1. The third kappa shape index (κ3) is 3.26. The number of nitrogens with one attached hydrogen (secondary N) is 1. The predicted octanol–water partition coefficient (Wildman–Crippen LogP) is 1.53. The Bertz CT molecular complexity index is 387. The molecule has 1 aromatic heterocycles. The van der Waals surface area contributed by atoms with Gasteiger partial charge in [-0.2, -0.15) is 0 Å². The van der Waals surface area contributed by atoms with Gasteiger partial charge in [-0.15, -0.1) is 0 Å². The first-order valence-corrected chi connectivity index (χ1v) is 6.54. The molecule has 2 heterocycles. The van der Waals surface area contributed by atoms with E-state index in [2.05, 4.69) is 26.2 Å². The minimum atomic E-state index is 0.0388. The normalized spacial score (nSPS) is 19.3. The summed E-state index contributed by atoms with van der Waals surface area (Å²) in [4.78, 5) is 17.9. The Morgan fingerprint density at radius 2 is 2.47 bits per heavy atom. The monoisotopic (exact) mass is 297 g/mol. The largest absolute Gasteiger partial charge is 0.341 e. The Hall–Kier alpha value is -0.940. The second-order valence-electron chi connectivity index (χ2n) is 4.41. The molecule has 0 radical (unpaired) electrons. The molecule has 92 valence electrons. The molecule has 0 bridgehead atoms. The van der Waals surface area contributed by atoms with Crippen LogP contribution in [0.3, 0.4) is 0 Å². The van der Waals surface area contributed by atoms with Gasteiger partial charge in [0, 0.05) is 19.8 Å². The van der Waals surface area contributed by atoms with Gasteiger partial charge < -0.3 is 10.2 Å². The fourth-order valence-corrected chi connectivity index (χ4v) is 2.30. The first kappa shape index (κ1) is 12.5. The zero-order valence-electron chi connectivity index (χ0n) is 9.82. The summed E-state index contributed by atoms with van der Waals surface area (Å²) in [6.07, 6.45) is 2.76. The summed E-state index contributed by atoms with van der Waals surface area (Å²) in [7, 11) is 1.85. The van der Waals surface area contributed by atoms with Gasteiger partial charge in [0.15, 0.2) is 0 Å². The van der Waals surface area contributed by atoms with Crippen molar-refractivity contribution in [3.05, 3.63) is 28.5 Å². The molecule has 1 amide bonds. The van der Waals surface area contributed by atoms with E-state index in [0.717, 1.165) is 30.7 Å². The van der Waals surface area contributed by atoms with Crippen LogP contribution in [0.2, 0.25) is 0 Å². The molecule has 1 saturated heterocycles. The zero-order chi connectivity index (χ0) is 12.3. The highest BCUT2D eigenvalue weighted by molar-refractivity contribution is 9.10. The van der Waals surface area contributed by atoms with Crippen molar-refractivity contribution in [2.45, 2.75) is 6.42 Å². The van der Waals surface area contributed by atoms with E-state index in [1.165, 1.54) is 0 Å². The Kier molecular flexibility index (Phi) is 4.12. The molecule has 1 atom stereocenters. The molecule has 1 aliphatic heterocycles. The van der Waals surface area contributed by atoms with E-state index in [1.807, 2.05) is 7.05 Å². The SMILES string of the molecule is CN(CC1CCNC1)C(=O)c1ccc(Br)nc1. The molecular formula is C12H16BrN3O. The van der Waals surface area contributed by atoms with Crippen molar-refractivity contribution in [1.29, 1.82) is 0 Å². The summed E-state index contributed by atoms with van der Waals surface area (Å²) in [5.41, 5.74) is 0.640. The lowest BCUT2D eigenvalue weighted by molar-refractivity contribution is 0.0775. The van der Waals surface area contributed by atoms with Gasteiger partial charge in [0.05, 0.1) is 5.56 Å². The maximum absolute atomic E-state index is 12.1. The van der Waals surface area contributed by atoms with Crippen LogP contribution in [0, 0.1) is 5.92 Å². The lowest BCUT2D eigenvalue weighted by atomic mass is 10.1. The summed E-state index contributed by atoms with van der Waals surface area (Å²) < 4.78 is 0.747. The topological polar surface area (TPSA) is 45.2 Å². The summed E-state index contributed by atoms with van der Waals surface area (Å²) in [6, 6.07) is 3.58. The average molecular weight is 298 g/mol. The van der Waals surface area contributed by atoms with Crippen LogP contribution >= 0.6 is 15.9 Å². The second-order valence-corrected chi connectivity index (χ2v) is 5.23. The molecule has 4 nitrogen and oxygen atoms in total. The molecule has 17 heavy (non-hydrogen) atoms. The minimum absolute atomic E-state index is 0.0388. The van der Waals surface area contributed by atoms with Crippen LogP contribution in [-0.2, 0) is 0 Å². The first-order chi connectivity index (χ1) is 8.16. The van der Waals surface area contributed by atoms with Crippen molar-refractivity contribution in [3.8, 4) is 0 Å². The van der Waals surface area contributed by atoms with Crippen LogP contribution in [0.15, 0.2) is 22.9 Å². The average Bonchev–Trinajstić information content (AvgIpc) is 2.82. The summed E-state index contributed by atoms with van der Waals surface area (Å²) in [6.45, 7) is 2.88. The van der Waals surface area contributed by atoms with E-state index >= 15 is 0 Å². The lowest BCUT2D eigenvalue weighted by Crippen LogP contribution is -2.32. The fraction of sp³-hybridized carbons (Fsp3) is 0.500. The lowest BCUT2D eigenvalue weighted by Gasteiger charge is -2.20. The van der Waals surface area contributed by atoms with Gasteiger partial charge in [0.25, 0.3) is 5.91 Å². The van der Waals surface area contributed by atoms with Crippen molar-refractivity contribution in [3.63, 3.8) is 0 Å². The molecule has 0 aromatic carbocycles. The number of hydrogen-bond acceptors (Lipinski definition) is 3. The number of pyridine rings is 1. The van der Waals surface area contributed by atoms with Crippen LogP contribution in [0.5, 0.6) is 0 Å². The number of carbonyl (C=O) groups excluding carboxylic acids is 1. The number of rotatable bonds is 3. The van der Waals surface area contributed by atoms with Gasteiger partial charge in [0.1, 0.15) is 4.60 Å². The molecule has 0 spiro atoms. The summed E-state index contributed by atoms with van der Waals surface area (Å²) in [5.74, 6) is 0.615. The maximum Gasteiger partial charge on any atom is 0.255 e. The third-order valence-corrected chi connectivity index (χ3v) is 3.48. The number of hydrogen-bond donors (Lipinski definition) is 1.